The first-order valence-electron chi connectivity index (χ1n) is 8.12. The standard InChI is InChI=1S/C18H21FN2O2S/c19-15-5-3-13(4-6-15)17(22)14-7-9-21(10-8-14)18(23)20-12-16-2-1-11-24-16/h1-6,11,14,17,22H,7-10,12H2,(H,20,23). The van der Waals surface area contributed by atoms with E-state index < -0.39 is 6.10 Å². The second-order valence-corrected chi connectivity index (χ2v) is 7.09. The average Bonchev–Trinajstić information content (AvgIpc) is 3.13. The maximum Gasteiger partial charge on any atom is 0.317 e. The highest BCUT2D eigenvalue weighted by Crippen LogP contribution is 2.30. The van der Waals surface area contributed by atoms with E-state index in [0.717, 1.165) is 23.3 Å². The van der Waals surface area contributed by atoms with Crippen LogP contribution >= 0.6 is 11.3 Å². The highest BCUT2D eigenvalue weighted by Gasteiger charge is 2.28. The van der Waals surface area contributed by atoms with Gasteiger partial charge < -0.3 is 15.3 Å². The lowest BCUT2D eigenvalue weighted by molar-refractivity contribution is 0.0664. The molecule has 1 aromatic heterocycles. The van der Waals surface area contributed by atoms with Crippen LogP contribution in [-0.4, -0.2) is 29.1 Å². The summed E-state index contributed by atoms with van der Waals surface area (Å²) in [6.45, 7) is 1.80. The highest BCUT2D eigenvalue weighted by atomic mass is 32.1. The van der Waals surface area contributed by atoms with Crippen LogP contribution in [0.1, 0.15) is 29.4 Å². The molecule has 1 fully saturated rings. The Bertz CT molecular complexity index is 652. The molecule has 2 heterocycles. The fourth-order valence-corrected chi connectivity index (χ4v) is 3.68. The maximum atomic E-state index is 13.0. The molecule has 1 atom stereocenters. The molecule has 2 amide bonds. The van der Waals surface area contributed by atoms with Gasteiger partial charge in [0.1, 0.15) is 5.82 Å². The molecule has 4 nitrogen and oxygen atoms in total. The number of piperidine rings is 1. The molecular formula is C18H21FN2O2S. The van der Waals surface area contributed by atoms with Crippen LogP contribution in [0.4, 0.5) is 9.18 Å². The molecule has 2 N–H and O–H groups in total. The van der Waals surface area contributed by atoms with Crippen molar-refractivity contribution in [3.63, 3.8) is 0 Å². The quantitative estimate of drug-likeness (QED) is 0.888. The number of carbonyl (C=O) groups excluding carboxylic acids is 1. The van der Waals surface area contributed by atoms with Crippen LogP contribution in [0.15, 0.2) is 41.8 Å². The van der Waals surface area contributed by atoms with E-state index in [4.69, 9.17) is 0 Å². The number of rotatable bonds is 4. The number of nitrogens with zero attached hydrogens (tertiary/aromatic N) is 1. The summed E-state index contributed by atoms with van der Waals surface area (Å²) in [5, 5.41) is 15.4. The van der Waals surface area contributed by atoms with Gasteiger partial charge in [-0.3, -0.25) is 0 Å². The summed E-state index contributed by atoms with van der Waals surface area (Å²) in [6.07, 6.45) is 0.873. The lowest BCUT2D eigenvalue weighted by Crippen LogP contribution is -2.44. The van der Waals surface area contributed by atoms with Gasteiger partial charge >= 0.3 is 6.03 Å². The van der Waals surface area contributed by atoms with Gasteiger partial charge in [-0.15, -0.1) is 11.3 Å². The number of carbonyl (C=O) groups is 1. The fraction of sp³-hybridized carbons (Fsp3) is 0.389. The number of aliphatic hydroxyl groups is 1. The Balaban J connectivity index is 1.48. The minimum Gasteiger partial charge on any atom is -0.388 e. The summed E-state index contributed by atoms with van der Waals surface area (Å²) < 4.78 is 13.0. The van der Waals surface area contributed by atoms with Crippen LogP contribution in [0.25, 0.3) is 0 Å². The number of aliphatic hydroxyl groups excluding tert-OH is 1. The SMILES string of the molecule is O=C(NCc1cccs1)N1CCC(C(O)c2ccc(F)cc2)CC1. The molecule has 128 valence electrons. The molecule has 0 saturated carbocycles. The Morgan fingerprint density at radius 3 is 2.62 bits per heavy atom. The van der Waals surface area contributed by atoms with Crippen molar-refractivity contribution >= 4 is 17.4 Å². The van der Waals surface area contributed by atoms with Crippen LogP contribution < -0.4 is 5.32 Å². The van der Waals surface area contributed by atoms with Gasteiger partial charge in [0.25, 0.3) is 0 Å². The van der Waals surface area contributed by atoms with Crippen LogP contribution in [0.2, 0.25) is 0 Å². The summed E-state index contributed by atoms with van der Waals surface area (Å²) in [7, 11) is 0. The zero-order chi connectivity index (χ0) is 16.9. The van der Waals surface area contributed by atoms with Crippen molar-refractivity contribution in [2.45, 2.75) is 25.5 Å². The number of nitrogens with one attached hydrogen (secondary N) is 1. The summed E-state index contributed by atoms with van der Waals surface area (Å²) >= 11 is 1.62. The normalized spacial score (nSPS) is 16.8. The molecule has 1 unspecified atom stereocenters. The number of hydrogen-bond donors (Lipinski definition) is 2. The van der Waals surface area contributed by atoms with Crippen LogP contribution in [0, 0.1) is 11.7 Å². The van der Waals surface area contributed by atoms with E-state index in [1.54, 1.807) is 28.4 Å². The summed E-state index contributed by atoms with van der Waals surface area (Å²) in [6, 6.07) is 9.89. The minimum absolute atomic E-state index is 0.0573. The number of hydrogen-bond acceptors (Lipinski definition) is 3. The smallest absolute Gasteiger partial charge is 0.317 e. The van der Waals surface area contributed by atoms with Crippen molar-refractivity contribution in [1.29, 1.82) is 0 Å². The first-order chi connectivity index (χ1) is 11.6. The van der Waals surface area contributed by atoms with Gasteiger partial charge in [-0.25, -0.2) is 9.18 Å². The third kappa shape index (κ3) is 4.13. The van der Waals surface area contributed by atoms with E-state index in [1.165, 1.54) is 12.1 Å². The highest BCUT2D eigenvalue weighted by molar-refractivity contribution is 7.09. The zero-order valence-electron chi connectivity index (χ0n) is 13.3. The molecule has 2 aromatic rings. The molecule has 24 heavy (non-hydrogen) atoms. The molecule has 3 rings (SSSR count). The number of amides is 2. The van der Waals surface area contributed by atoms with Crippen LogP contribution in [0.3, 0.4) is 0 Å². The van der Waals surface area contributed by atoms with Crippen LogP contribution in [0.5, 0.6) is 0 Å². The lowest BCUT2D eigenvalue weighted by atomic mass is 9.87. The Morgan fingerprint density at radius 2 is 2.00 bits per heavy atom. The third-order valence-corrected chi connectivity index (χ3v) is 5.36. The van der Waals surface area contributed by atoms with Gasteiger partial charge in [0.05, 0.1) is 12.6 Å². The molecule has 0 bridgehead atoms. The average molecular weight is 348 g/mol. The molecule has 6 heteroatoms. The topological polar surface area (TPSA) is 52.6 Å². The Morgan fingerprint density at radius 1 is 1.29 bits per heavy atom. The van der Waals surface area contributed by atoms with Gasteiger partial charge in [-0.2, -0.15) is 0 Å². The van der Waals surface area contributed by atoms with Crippen molar-refractivity contribution in [2.24, 2.45) is 5.92 Å². The second-order valence-electron chi connectivity index (χ2n) is 6.06. The largest absolute Gasteiger partial charge is 0.388 e. The van der Waals surface area contributed by atoms with Gasteiger partial charge in [0.15, 0.2) is 0 Å². The van der Waals surface area contributed by atoms with Crippen molar-refractivity contribution in [1.82, 2.24) is 10.2 Å². The van der Waals surface area contributed by atoms with E-state index in [9.17, 15) is 14.3 Å². The predicted octanol–water partition coefficient (Wildman–Crippen LogP) is 3.54. The van der Waals surface area contributed by atoms with E-state index in [2.05, 4.69) is 5.32 Å². The minimum atomic E-state index is -0.609. The number of halogens is 1. The fourth-order valence-electron chi connectivity index (χ4n) is 3.04. The summed E-state index contributed by atoms with van der Waals surface area (Å²) in [5.74, 6) is -0.208. The van der Waals surface area contributed by atoms with E-state index in [0.29, 0.717) is 19.6 Å². The van der Waals surface area contributed by atoms with Gasteiger partial charge in [-0.05, 0) is 47.9 Å². The second kappa shape index (κ2) is 7.77. The lowest BCUT2D eigenvalue weighted by Gasteiger charge is -2.34. The molecule has 1 saturated heterocycles. The van der Waals surface area contributed by atoms with Crippen LogP contribution in [-0.2, 0) is 6.54 Å². The van der Waals surface area contributed by atoms with Crippen molar-refractivity contribution in [3.05, 3.63) is 58.0 Å². The number of thiophene rings is 1. The van der Waals surface area contributed by atoms with Gasteiger partial charge in [0, 0.05) is 18.0 Å². The zero-order valence-corrected chi connectivity index (χ0v) is 14.1. The molecule has 0 radical (unpaired) electrons. The molecule has 1 aliphatic heterocycles. The van der Waals surface area contributed by atoms with Gasteiger partial charge in [0.2, 0.25) is 0 Å². The first-order valence-corrected chi connectivity index (χ1v) is 9.00. The Hall–Kier alpha value is -1.92. The Kier molecular flexibility index (Phi) is 5.48. The number of likely N-dealkylation sites (tertiary alicyclic amines) is 1. The van der Waals surface area contributed by atoms with Crippen molar-refractivity contribution < 1.29 is 14.3 Å². The molecular weight excluding hydrogens is 327 g/mol. The van der Waals surface area contributed by atoms with E-state index >= 15 is 0 Å². The number of benzene rings is 1. The maximum absolute atomic E-state index is 13.0. The predicted molar refractivity (Wildman–Crippen MR) is 92.2 cm³/mol. The van der Waals surface area contributed by atoms with E-state index in [-0.39, 0.29) is 17.8 Å². The molecule has 1 aliphatic rings. The summed E-state index contributed by atoms with van der Waals surface area (Å²) in [5.41, 5.74) is 0.733. The monoisotopic (exact) mass is 348 g/mol. The van der Waals surface area contributed by atoms with E-state index in [1.807, 2.05) is 17.5 Å². The molecule has 1 aromatic carbocycles. The third-order valence-electron chi connectivity index (χ3n) is 4.48. The van der Waals surface area contributed by atoms with Crippen molar-refractivity contribution in [2.75, 3.05) is 13.1 Å². The number of urea groups is 1. The van der Waals surface area contributed by atoms with Gasteiger partial charge in [-0.1, -0.05) is 18.2 Å². The summed E-state index contributed by atoms with van der Waals surface area (Å²) in [4.78, 5) is 15.1. The molecule has 0 aliphatic carbocycles. The first kappa shape index (κ1) is 16.9. The molecule has 0 spiro atoms. The van der Waals surface area contributed by atoms with Crippen molar-refractivity contribution in [3.8, 4) is 0 Å². The Labute approximate surface area is 144 Å².